The Kier molecular flexibility index (Phi) is 6.87. The number of aromatic nitrogens is 2. The molecule has 2 aliphatic rings. The number of halogens is 1. The fourth-order valence-corrected chi connectivity index (χ4v) is 3.32. The molecule has 0 spiro atoms. The first-order chi connectivity index (χ1) is 10.7. The number of nitrogens with one attached hydrogen (secondary N) is 2. The minimum Gasteiger partial charge on any atom is -0.350 e. The van der Waals surface area contributed by atoms with Gasteiger partial charge in [0.25, 0.3) is 5.91 Å². The van der Waals surface area contributed by atoms with Crippen LogP contribution >= 0.6 is 12.4 Å². The lowest BCUT2D eigenvalue weighted by Gasteiger charge is -2.28. The van der Waals surface area contributed by atoms with Crippen LogP contribution in [-0.2, 0) is 0 Å². The third kappa shape index (κ3) is 4.93. The molecule has 2 aliphatic heterocycles. The highest BCUT2D eigenvalue weighted by Gasteiger charge is 2.20. The predicted molar refractivity (Wildman–Crippen MR) is 93.2 cm³/mol. The number of rotatable bonds is 4. The van der Waals surface area contributed by atoms with Gasteiger partial charge in [0.05, 0.1) is 6.04 Å². The largest absolute Gasteiger partial charge is 0.350 e. The van der Waals surface area contributed by atoms with Crippen LogP contribution in [0.2, 0.25) is 0 Å². The second-order valence-corrected chi connectivity index (χ2v) is 6.64. The maximum absolute atomic E-state index is 12.2. The zero-order valence-corrected chi connectivity index (χ0v) is 14.6. The lowest BCUT2D eigenvalue weighted by Crippen LogP contribution is -2.37. The summed E-state index contributed by atoms with van der Waals surface area (Å²) in [5.41, 5.74) is 0.540. The number of hydrogen-bond donors (Lipinski definition) is 2. The van der Waals surface area contributed by atoms with Crippen molar-refractivity contribution in [1.29, 1.82) is 0 Å². The minimum absolute atomic E-state index is 0. The van der Waals surface area contributed by atoms with Crippen LogP contribution in [0.25, 0.3) is 0 Å². The second-order valence-electron chi connectivity index (χ2n) is 6.64. The summed E-state index contributed by atoms with van der Waals surface area (Å²) in [7, 11) is 2.15. The van der Waals surface area contributed by atoms with E-state index in [0.717, 1.165) is 39.1 Å². The van der Waals surface area contributed by atoms with Gasteiger partial charge in [0.15, 0.2) is 0 Å². The molecule has 0 aliphatic carbocycles. The van der Waals surface area contributed by atoms with Crippen molar-refractivity contribution in [3.8, 4) is 0 Å². The van der Waals surface area contributed by atoms with Gasteiger partial charge in [-0.25, -0.2) is 0 Å². The summed E-state index contributed by atoms with van der Waals surface area (Å²) in [4.78, 5) is 14.6. The molecule has 7 heteroatoms. The van der Waals surface area contributed by atoms with E-state index in [1.807, 2.05) is 16.9 Å². The van der Waals surface area contributed by atoms with Gasteiger partial charge in [-0.2, -0.15) is 5.10 Å². The van der Waals surface area contributed by atoms with Crippen molar-refractivity contribution in [1.82, 2.24) is 25.3 Å². The van der Waals surface area contributed by atoms with Crippen molar-refractivity contribution in [3.63, 3.8) is 0 Å². The molecular formula is C16H28ClN5O. The van der Waals surface area contributed by atoms with Gasteiger partial charge >= 0.3 is 0 Å². The Morgan fingerprint density at radius 3 is 2.87 bits per heavy atom. The molecule has 23 heavy (non-hydrogen) atoms. The molecule has 1 aromatic heterocycles. The average molecular weight is 342 g/mol. The molecule has 3 rings (SSSR count). The molecule has 1 atom stereocenters. The number of carbonyl (C=O) groups is 1. The summed E-state index contributed by atoms with van der Waals surface area (Å²) in [6.45, 7) is 5.05. The highest BCUT2D eigenvalue weighted by molar-refractivity contribution is 5.92. The summed E-state index contributed by atoms with van der Waals surface area (Å²) in [6.07, 6.45) is 6.56. The highest BCUT2D eigenvalue weighted by Crippen LogP contribution is 2.16. The van der Waals surface area contributed by atoms with Crippen molar-refractivity contribution in [2.45, 2.75) is 31.7 Å². The fourth-order valence-electron chi connectivity index (χ4n) is 3.32. The van der Waals surface area contributed by atoms with Crippen LogP contribution in [0.1, 0.15) is 42.2 Å². The summed E-state index contributed by atoms with van der Waals surface area (Å²) in [5.74, 6) is 0.561. The van der Waals surface area contributed by atoms with E-state index >= 15 is 0 Å². The van der Waals surface area contributed by atoms with Gasteiger partial charge in [0.1, 0.15) is 5.69 Å². The molecule has 6 nitrogen and oxygen atoms in total. The monoisotopic (exact) mass is 341 g/mol. The summed E-state index contributed by atoms with van der Waals surface area (Å²) in [6, 6.07) is 2.21. The molecule has 130 valence electrons. The maximum Gasteiger partial charge on any atom is 0.271 e. The molecule has 0 bridgehead atoms. The van der Waals surface area contributed by atoms with Gasteiger partial charge in [-0.1, -0.05) is 0 Å². The van der Waals surface area contributed by atoms with Crippen molar-refractivity contribution in [3.05, 3.63) is 18.0 Å². The number of likely N-dealkylation sites (tertiary alicyclic amines) is 1. The Labute approximate surface area is 144 Å². The Morgan fingerprint density at radius 1 is 1.39 bits per heavy atom. The van der Waals surface area contributed by atoms with Crippen LogP contribution in [0.3, 0.4) is 0 Å². The van der Waals surface area contributed by atoms with Gasteiger partial charge < -0.3 is 15.5 Å². The maximum atomic E-state index is 12.2. The third-order valence-corrected chi connectivity index (χ3v) is 4.88. The molecular weight excluding hydrogens is 314 g/mol. The van der Waals surface area contributed by atoms with Crippen molar-refractivity contribution >= 4 is 18.3 Å². The molecule has 3 heterocycles. The van der Waals surface area contributed by atoms with E-state index in [0.29, 0.717) is 17.7 Å². The molecule has 0 aromatic carbocycles. The zero-order valence-electron chi connectivity index (χ0n) is 13.8. The molecule has 1 aromatic rings. The summed E-state index contributed by atoms with van der Waals surface area (Å²) < 4.78 is 1.94. The van der Waals surface area contributed by atoms with Gasteiger partial charge in [0.2, 0.25) is 0 Å². The van der Waals surface area contributed by atoms with E-state index < -0.39 is 0 Å². The molecule has 2 fully saturated rings. The van der Waals surface area contributed by atoms with Crippen molar-refractivity contribution < 1.29 is 4.79 Å². The van der Waals surface area contributed by atoms with Crippen molar-refractivity contribution in [2.24, 2.45) is 5.92 Å². The SMILES string of the molecule is CN1CCC(CNC(=O)c2ccn(C3CCCNC3)n2)CC1.Cl. The lowest BCUT2D eigenvalue weighted by molar-refractivity contribution is 0.0932. The van der Waals surface area contributed by atoms with Crippen LogP contribution in [0.5, 0.6) is 0 Å². The first kappa shape index (κ1) is 18.2. The van der Waals surface area contributed by atoms with Crippen LogP contribution in [-0.4, -0.2) is 60.4 Å². The van der Waals surface area contributed by atoms with Crippen LogP contribution in [0.15, 0.2) is 12.3 Å². The second kappa shape index (κ2) is 8.66. The molecule has 1 unspecified atom stereocenters. The van der Waals surface area contributed by atoms with Crippen LogP contribution in [0.4, 0.5) is 0 Å². The summed E-state index contributed by atoms with van der Waals surface area (Å²) in [5, 5.41) is 10.9. The number of amides is 1. The minimum atomic E-state index is -0.0403. The van der Waals surface area contributed by atoms with Gasteiger partial charge in [-0.15, -0.1) is 12.4 Å². The van der Waals surface area contributed by atoms with E-state index in [1.165, 1.54) is 19.3 Å². The summed E-state index contributed by atoms with van der Waals surface area (Å²) >= 11 is 0. The highest BCUT2D eigenvalue weighted by atomic mass is 35.5. The molecule has 2 N–H and O–H groups in total. The van der Waals surface area contributed by atoms with Gasteiger partial charge in [-0.05, 0) is 64.3 Å². The number of nitrogens with zero attached hydrogens (tertiary/aromatic N) is 3. The van der Waals surface area contributed by atoms with Crippen LogP contribution < -0.4 is 10.6 Å². The average Bonchev–Trinajstić information content (AvgIpc) is 3.05. The molecule has 2 saturated heterocycles. The van der Waals surface area contributed by atoms with E-state index in [1.54, 1.807) is 0 Å². The first-order valence-corrected chi connectivity index (χ1v) is 8.45. The standard InChI is InChI=1S/C16H27N5O.ClH/c1-20-8-4-13(5-9-20)11-18-16(22)15-6-10-21(19-15)14-3-2-7-17-12-14;/h6,10,13-14,17H,2-5,7-9,11-12H2,1H3,(H,18,22);1H. The molecule has 1 amide bonds. The Balaban J connectivity index is 0.00000192. The number of hydrogen-bond acceptors (Lipinski definition) is 4. The Hall–Kier alpha value is -1.11. The molecule has 0 radical (unpaired) electrons. The van der Waals surface area contributed by atoms with E-state index in [4.69, 9.17) is 0 Å². The van der Waals surface area contributed by atoms with Crippen molar-refractivity contribution in [2.75, 3.05) is 39.8 Å². The fraction of sp³-hybridized carbons (Fsp3) is 0.750. The number of carbonyl (C=O) groups excluding carboxylic acids is 1. The van der Waals surface area contributed by atoms with E-state index in [-0.39, 0.29) is 18.3 Å². The normalized spacial score (nSPS) is 23.3. The third-order valence-electron chi connectivity index (χ3n) is 4.88. The van der Waals surface area contributed by atoms with Crippen LogP contribution in [0, 0.1) is 5.92 Å². The zero-order chi connectivity index (χ0) is 15.4. The predicted octanol–water partition coefficient (Wildman–Crippen LogP) is 1.30. The van der Waals surface area contributed by atoms with Gasteiger partial charge in [0, 0.05) is 19.3 Å². The van der Waals surface area contributed by atoms with E-state index in [9.17, 15) is 4.79 Å². The van der Waals surface area contributed by atoms with E-state index in [2.05, 4.69) is 27.7 Å². The Bertz CT molecular complexity index is 492. The van der Waals surface area contributed by atoms with Gasteiger partial charge in [-0.3, -0.25) is 9.48 Å². The Morgan fingerprint density at radius 2 is 2.17 bits per heavy atom. The molecule has 0 saturated carbocycles. The first-order valence-electron chi connectivity index (χ1n) is 8.45. The lowest BCUT2D eigenvalue weighted by atomic mass is 9.97. The number of piperidine rings is 2. The smallest absolute Gasteiger partial charge is 0.271 e. The topological polar surface area (TPSA) is 62.2 Å². The quantitative estimate of drug-likeness (QED) is 0.866.